The fourth-order valence-electron chi connectivity index (χ4n) is 2.85. The molecule has 5 nitrogen and oxygen atoms in total. The van der Waals surface area contributed by atoms with E-state index in [9.17, 15) is 0 Å². The van der Waals surface area contributed by atoms with Crippen LogP contribution in [0.25, 0.3) is 0 Å². The first-order valence-corrected chi connectivity index (χ1v) is 8.36. The molecule has 2 atom stereocenters. The first-order chi connectivity index (χ1) is 10.1. The van der Waals surface area contributed by atoms with Crippen molar-refractivity contribution in [3.8, 4) is 0 Å². The van der Waals surface area contributed by atoms with E-state index < -0.39 is 0 Å². The number of hydrogen-bond donors (Lipinski definition) is 2. The summed E-state index contributed by atoms with van der Waals surface area (Å²) in [6.07, 6.45) is 2.66. The maximum Gasteiger partial charge on any atom is 0.191 e. The van der Waals surface area contributed by atoms with Crippen LogP contribution in [0.2, 0.25) is 0 Å². The molecule has 1 fully saturated rings. The number of nitrogens with one attached hydrogen (secondary N) is 2. The molecular formula is C16H34N4O. The highest BCUT2D eigenvalue weighted by Gasteiger charge is 2.24. The Bertz CT molecular complexity index is 301. The van der Waals surface area contributed by atoms with Crippen molar-refractivity contribution in [3.05, 3.63) is 0 Å². The summed E-state index contributed by atoms with van der Waals surface area (Å²) in [4.78, 5) is 7.39. The number of ether oxygens (including phenoxy) is 1. The Labute approximate surface area is 130 Å². The maximum absolute atomic E-state index is 5.17. The van der Waals surface area contributed by atoms with Crippen molar-refractivity contribution in [2.24, 2.45) is 10.9 Å². The van der Waals surface area contributed by atoms with Crippen molar-refractivity contribution in [2.75, 3.05) is 39.9 Å². The van der Waals surface area contributed by atoms with E-state index in [2.05, 4.69) is 43.2 Å². The fraction of sp³-hybridized carbons (Fsp3) is 0.938. The molecule has 1 aliphatic rings. The number of methoxy groups -OCH3 is 1. The van der Waals surface area contributed by atoms with Gasteiger partial charge in [0.1, 0.15) is 0 Å². The zero-order valence-corrected chi connectivity index (χ0v) is 14.5. The Balaban J connectivity index is 2.60. The molecule has 0 saturated carbocycles. The number of rotatable bonds is 8. The molecule has 0 bridgehead atoms. The normalized spacial score (nSPS) is 19.8. The highest BCUT2D eigenvalue weighted by atomic mass is 16.5. The van der Waals surface area contributed by atoms with Gasteiger partial charge in [-0.15, -0.1) is 0 Å². The van der Waals surface area contributed by atoms with Gasteiger partial charge in [0.15, 0.2) is 5.96 Å². The average Bonchev–Trinajstić information content (AvgIpc) is 2.92. The van der Waals surface area contributed by atoms with Gasteiger partial charge in [-0.1, -0.05) is 13.8 Å². The fourth-order valence-corrected chi connectivity index (χ4v) is 2.85. The second kappa shape index (κ2) is 10.0. The van der Waals surface area contributed by atoms with Crippen LogP contribution in [0.5, 0.6) is 0 Å². The highest BCUT2D eigenvalue weighted by Crippen LogP contribution is 2.17. The van der Waals surface area contributed by atoms with E-state index in [4.69, 9.17) is 9.73 Å². The van der Waals surface area contributed by atoms with Crippen molar-refractivity contribution in [2.45, 2.75) is 52.6 Å². The van der Waals surface area contributed by atoms with Crippen LogP contribution >= 0.6 is 0 Å². The number of likely N-dealkylation sites (tertiary alicyclic amines) is 1. The van der Waals surface area contributed by atoms with Crippen molar-refractivity contribution in [3.63, 3.8) is 0 Å². The van der Waals surface area contributed by atoms with Gasteiger partial charge in [-0.2, -0.15) is 0 Å². The van der Waals surface area contributed by atoms with Crippen LogP contribution in [0, 0.1) is 5.92 Å². The summed E-state index contributed by atoms with van der Waals surface area (Å²) in [6, 6.07) is 0.803. The van der Waals surface area contributed by atoms with Crippen molar-refractivity contribution >= 4 is 5.96 Å². The second-order valence-electron chi connectivity index (χ2n) is 6.27. The second-order valence-corrected chi connectivity index (χ2v) is 6.27. The highest BCUT2D eigenvalue weighted by molar-refractivity contribution is 5.80. The molecule has 5 heteroatoms. The Morgan fingerprint density at radius 2 is 1.90 bits per heavy atom. The van der Waals surface area contributed by atoms with Crippen molar-refractivity contribution < 1.29 is 4.74 Å². The lowest BCUT2D eigenvalue weighted by atomic mass is 10.0. The molecule has 124 valence electrons. The number of nitrogens with zero attached hydrogens (tertiary/aromatic N) is 2. The van der Waals surface area contributed by atoms with Crippen LogP contribution in [0.1, 0.15) is 40.5 Å². The van der Waals surface area contributed by atoms with Crippen LogP contribution < -0.4 is 10.6 Å². The summed E-state index contributed by atoms with van der Waals surface area (Å²) >= 11 is 0. The van der Waals surface area contributed by atoms with Gasteiger partial charge < -0.3 is 15.4 Å². The first-order valence-electron chi connectivity index (χ1n) is 8.36. The lowest BCUT2D eigenvalue weighted by molar-refractivity contribution is 0.178. The molecule has 0 aromatic carbocycles. The van der Waals surface area contributed by atoms with E-state index in [0.29, 0.717) is 18.6 Å². The Morgan fingerprint density at radius 3 is 2.43 bits per heavy atom. The molecule has 0 aromatic heterocycles. The quantitative estimate of drug-likeness (QED) is 0.529. The van der Waals surface area contributed by atoms with Crippen molar-refractivity contribution in [1.82, 2.24) is 15.5 Å². The maximum atomic E-state index is 5.17. The molecular weight excluding hydrogens is 264 g/mol. The van der Waals surface area contributed by atoms with Crippen LogP contribution in [-0.2, 0) is 4.74 Å². The van der Waals surface area contributed by atoms with Gasteiger partial charge in [0.05, 0.1) is 13.2 Å². The summed E-state index contributed by atoms with van der Waals surface area (Å²) < 4.78 is 5.17. The zero-order chi connectivity index (χ0) is 15.7. The van der Waals surface area contributed by atoms with E-state index >= 15 is 0 Å². The molecule has 2 unspecified atom stereocenters. The Morgan fingerprint density at radius 1 is 1.24 bits per heavy atom. The van der Waals surface area contributed by atoms with E-state index in [1.54, 1.807) is 7.11 Å². The lowest BCUT2D eigenvalue weighted by Gasteiger charge is -2.30. The number of guanidine groups is 1. The SMILES string of the molecule is CCNC(=NCC(C(C)C)N1CCCC1)NC(C)COC. The van der Waals surface area contributed by atoms with Gasteiger partial charge in [0.25, 0.3) is 0 Å². The summed E-state index contributed by atoms with van der Waals surface area (Å²) in [5, 5.41) is 6.72. The average molecular weight is 298 g/mol. The summed E-state index contributed by atoms with van der Waals surface area (Å²) in [5.41, 5.74) is 0. The number of aliphatic imine (C=N–C) groups is 1. The molecule has 1 rings (SSSR count). The lowest BCUT2D eigenvalue weighted by Crippen LogP contribution is -2.45. The summed E-state index contributed by atoms with van der Waals surface area (Å²) in [6.45, 7) is 13.7. The predicted octanol–water partition coefficient (Wildman–Crippen LogP) is 1.70. The third-order valence-electron chi connectivity index (χ3n) is 3.96. The van der Waals surface area contributed by atoms with Crippen LogP contribution in [0.3, 0.4) is 0 Å². The molecule has 0 aliphatic carbocycles. The molecule has 1 heterocycles. The monoisotopic (exact) mass is 298 g/mol. The van der Waals surface area contributed by atoms with E-state index in [1.807, 2.05) is 0 Å². The Kier molecular flexibility index (Phi) is 8.69. The standard InChI is InChI=1S/C16H34N4O/c1-6-17-16(19-14(4)12-21-5)18-11-15(13(2)3)20-9-7-8-10-20/h13-15H,6-12H2,1-5H3,(H2,17,18,19). The van der Waals surface area contributed by atoms with Gasteiger partial charge in [-0.05, 0) is 45.7 Å². The van der Waals surface area contributed by atoms with Crippen LogP contribution in [0.4, 0.5) is 0 Å². The van der Waals surface area contributed by atoms with Gasteiger partial charge in [0, 0.05) is 25.7 Å². The van der Waals surface area contributed by atoms with Gasteiger partial charge in [-0.25, -0.2) is 0 Å². The van der Waals surface area contributed by atoms with Gasteiger partial charge in [0.2, 0.25) is 0 Å². The Hall–Kier alpha value is -0.810. The minimum absolute atomic E-state index is 0.261. The molecule has 21 heavy (non-hydrogen) atoms. The van der Waals surface area contributed by atoms with Crippen LogP contribution in [-0.4, -0.2) is 62.8 Å². The minimum atomic E-state index is 0.261. The van der Waals surface area contributed by atoms with Crippen LogP contribution in [0.15, 0.2) is 4.99 Å². The third-order valence-corrected chi connectivity index (χ3v) is 3.96. The summed E-state index contributed by atoms with van der Waals surface area (Å²) in [7, 11) is 1.73. The molecule has 2 N–H and O–H groups in total. The molecule has 0 spiro atoms. The van der Waals surface area contributed by atoms with E-state index in [1.165, 1.54) is 25.9 Å². The largest absolute Gasteiger partial charge is 0.383 e. The van der Waals surface area contributed by atoms with E-state index in [-0.39, 0.29) is 6.04 Å². The molecule has 1 aliphatic heterocycles. The minimum Gasteiger partial charge on any atom is -0.383 e. The molecule has 0 amide bonds. The third kappa shape index (κ3) is 6.66. The predicted molar refractivity (Wildman–Crippen MR) is 89.9 cm³/mol. The molecule has 0 aromatic rings. The molecule has 1 saturated heterocycles. The van der Waals surface area contributed by atoms with Gasteiger partial charge in [-0.3, -0.25) is 9.89 Å². The number of hydrogen-bond acceptors (Lipinski definition) is 3. The molecule has 0 radical (unpaired) electrons. The van der Waals surface area contributed by atoms with E-state index in [0.717, 1.165) is 19.0 Å². The summed E-state index contributed by atoms with van der Waals surface area (Å²) in [5.74, 6) is 1.53. The van der Waals surface area contributed by atoms with Crippen molar-refractivity contribution in [1.29, 1.82) is 0 Å². The topological polar surface area (TPSA) is 48.9 Å². The first kappa shape index (κ1) is 18.2. The van der Waals surface area contributed by atoms with Gasteiger partial charge >= 0.3 is 0 Å². The smallest absolute Gasteiger partial charge is 0.191 e. The zero-order valence-electron chi connectivity index (χ0n) is 14.5.